The van der Waals surface area contributed by atoms with Gasteiger partial charge >= 0.3 is 6.61 Å². The van der Waals surface area contributed by atoms with Crippen LogP contribution in [0.5, 0.6) is 5.75 Å². The second-order valence-electron chi connectivity index (χ2n) is 4.46. The van der Waals surface area contributed by atoms with Gasteiger partial charge in [-0.25, -0.2) is 0 Å². The van der Waals surface area contributed by atoms with Crippen LogP contribution in [0.4, 0.5) is 8.78 Å². The van der Waals surface area contributed by atoms with Crippen molar-refractivity contribution in [1.82, 2.24) is 5.32 Å². The minimum absolute atomic E-state index is 0.0571. The predicted octanol–water partition coefficient (Wildman–Crippen LogP) is 1.74. The molecule has 1 atom stereocenters. The third-order valence-electron chi connectivity index (χ3n) is 3.17. The molecule has 1 amide bonds. The maximum Gasteiger partial charge on any atom is 0.387 e. The summed E-state index contributed by atoms with van der Waals surface area (Å²) in [6.07, 6.45) is 2.51. The molecule has 4 nitrogen and oxygen atoms in total. The molecule has 1 aliphatic rings. The van der Waals surface area contributed by atoms with Crippen LogP contribution in [0, 0.1) is 0 Å². The quantitative estimate of drug-likeness (QED) is 0.876. The highest BCUT2D eigenvalue weighted by molar-refractivity contribution is 5.78. The van der Waals surface area contributed by atoms with E-state index in [9.17, 15) is 13.6 Å². The topological polar surface area (TPSA) is 64.4 Å². The molecular formula is C13H16F2N2O2. The molecule has 0 spiro atoms. The fraction of sp³-hybridized carbons (Fsp3) is 0.462. The first-order valence-corrected chi connectivity index (χ1v) is 6.17. The molecule has 1 aromatic rings. The SMILES string of the molecule is NCC(=O)NC1CCCc2cc(OC(F)F)ccc21. The van der Waals surface area contributed by atoms with Gasteiger partial charge in [-0.05, 0) is 42.5 Å². The summed E-state index contributed by atoms with van der Waals surface area (Å²) in [6, 6.07) is 4.74. The number of hydrogen-bond donors (Lipinski definition) is 2. The number of nitrogens with one attached hydrogen (secondary N) is 1. The molecule has 1 unspecified atom stereocenters. The fourth-order valence-corrected chi connectivity index (χ4v) is 2.37. The Morgan fingerprint density at radius 1 is 1.53 bits per heavy atom. The van der Waals surface area contributed by atoms with Crippen molar-refractivity contribution in [2.45, 2.75) is 31.9 Å². The molecule has 0 bridgehead atoms. The van der Waals surface area contributed by atoms with Gasteiger partial charge in [0.1, 0.15) is 5.75 Å². The Bertz CT molecular complexity index is 466. The summed E-state index contributed by atoms with van der Waals surface area (Å²) >= 11 is 0. The first kappa shape index (κ1) is 13.7. The molecule has 0 aromatic heterocycles. The van der Waals surface area contributed by atoms with Gasteiger partial charge in [0.25, 0.3) is 0 Å². The van der Waals surface area contributed by atoms with Crippen LogP contribution in [0.15, 0.2) is 18.2 Å². The standard InChI is InChI=1S/C13H16F2N2O2/c14-13(15)19-9-4-5-10-8(6-9)2-1-3-11(10)17-12(18)7-16/h4-6,11,13H,1-3,7,16H2,(H,17,18). The van der Waals surface area contributed by atoms with E-state index in [4.69, 9.17) is 5.73 Å². The highest BCUT2D eigenvalue weighted by Gasteiger charge is 2.22. The van der Waals surface area contributed by atoms with Crippen LogP contribution >= 0.6 is 0 Å². The second kappa shape index (κ2) is 5.97. The molecular weight excluding hydrogens is 254 g/mol. The molecule has 0 heterocycles. The van der Waals surface area contributed by atoms with Crippen molar-refractivity contribution < 1.29 is 18.3 Å². The van der Waals surface area contributed by atoms with Gasteiger partial charge in [0.2, 0.25) is 5.91 Å². The molecule has 0 aliphatic heterocycles. The number of alkyl halides is 2. The smallest absolute Gasteiger partial charge is 0.387 e. The molecule has 1 aliphatic carbocycles. The summed E-state index contributed by atoms with van der Waals surface area (Å²) in [5.74, 6) is -0.0645. The Morgan fingerprint density at radius 2 is 2.32 bits per heavy atom. The zero-order valence-electron chi connectivity index (χ0n) is 10.4. The zero-order chi connectivity index (χ0) is 13.8. The van der Waals surface area contributed by atoms with Crippen molar-refractivity contribution in [3.05, 3.63) is 29.3 Å². The van der Waals surface area contributed by atoms with Crippen LogP contribution in [-0.2, 0) is 11.2 Å². The van der Waals surface area contributed by atoms with E-state index in [1.807, 2.05) is 0 Å². The molecule has 0 saturated heterocycles. The summed E-state index contributed by atoms with van der Waals surface area (Å²) < 4.78 is 28.7. The van der Waals surface area contributed by atoms with Crippen molar-refractivity contribution >= 4 is 5.91 Å². The highest BCUT2D eigenvalue weighted by atomic mass is 19.3. The number of nitrogens with two attached hydrogens (primary N) is 1. The molecule has 0 saturated carbocycles. The van der Waals surface area contributed by atoms with Gasteiger partial charge in [-0.3, -0.25) is 4.79 Å². The minimum Gasteiger partial charge on any atom is -0.435 e. The Morgan fingerprint density at radius 3 is 3.00 bits per heavy atom. The van der Waals surface area contributed by atoms with Crippen LogP contribution < -0.4 is 15.8 Å². The lowest BCUT2D eigenvalue weighted by Gasteiger charge is -2.26. The number of hydrogen-bond acceptors (Lipinski definition) is 3. The molecule has 1 aromatic carbocycles. The number of aryl methyl sites for hydroxylation is 1. The van der Waals surface area contributed by atoms with Crippen LogP contribution in [0.1, 0.15) is 30.0 Å². The molecule has 6 heteroatoms. The summed E-state index contributed by atoms with van der Waals surface area (Å²) in [4.78, 5) is 11.3. The van der Waals surface area contributed by atoms with Crippen LogP contribution in [-0.4, -0.2) is 19.1 Å². The van der Waals surface area contributed by atoms with Gasteiger partial charge in [-0.1, -0.05) is 6.07 Å². The number of rotatable bonds is 4. The lowest BCUT2D eigenvalue weighted by molar-refractivity contribution is -0.120. The van der Waals surface area contributed by atoms with Gasteiger partial charge in [-0.2, -0.15) is 8.78 Å². The van der Waals surface area contributed by atoms with Gasteiger partial charge < -0.3 is 15.8 Å². The van der Waals surface area contributed by atoms with Gasteiger partial charge in [0, 0.05) is 0 Å². The predicted molar refractivity (Wildman–Crippen MR) is 66.0 cm³/mol. The fourth-order valence-electron chi connectivity index (χ4n) is 2.37. The van der Waals surface area contributed by atoms with Crippen molar-refractivity contribution in [1.29, 1.82) is 0 Å². The van der Waals surface area contributed by atoms with E-state index < -0.39 is 6.61 Å². The van der Waals surface area contributed by atoms with E-state index in [2.05, 4.69) is 10.1 Å². The third-order valence-corrected chi connectivity index (χ3v) is 3.17. The van der Waals surface area contributed by atoms with Crippen molar-refractivity contribution in [3.63, 3.8) is 0 Å². The Balaban J connectivity index is 2.18. The number of carbonyl (C=O) groups excluding carboxylic acids is 1. The lowest BCUT2D eigenvalue weighted by atomic mass is 9.87. The highest BCUT2D eigenvalue weighted by Crippen LogP contribution is 2.32. The molecule has 0 radical (unpaired) electrons. The van der Waals surface area contributed by atoms with Crippen LogP contribution in [0.25, 0.3) is 0 Å². The lowest BCUT2D eigenvalue weighted by Crippen LogP contribution is -2.35. The summed E-state index contributed by atoms with van der Waals surface area (Å²) in [7, 11) is 0. The Hall–Kier alpha value is -1.69. The van der Waals surface area contributed by atoms with E-state index in [1.165, 1.54) is 6.07 Å². The number of ether oxygens (including phenoxy) is 1. The van der Waals surface area contributed by atoms with E-state index in [1.54, 1.807) is 12.1 Å². The first-order valence-electron chi connectivity index (χ1n) is 6.17. The second-order valence-corrected chi connectivity index (χ2v) is 4.46. The average Bonchev–Trinajstić information content (AvgIpc) is 2.38. The average molecular weight is 270 g/mol. The molecule has 104 valence electrons. The number of fused-ring (bicyclic) bond motifs is 1. The van der Waals surface area contributed by atoms with Crippen LogP contribution in [0.3, 0.4) is 0 Å². The van der Waals surface area contributed by atoms with Gasteiger partial charge in [-0.15, -0.1) is 0 Å². The number of amides is 1. The van der Waals surface area contributed by atoms with Gasteiger partial charge in [0.05, 0.1) is 12.6 Å². The molecule has 3 N–H and O–H groups in total. The monoisotopic (exact) mass is 270 g/mol. The summed E-state index contributed by atoms with van der Waals surface area (Å²) in [5.41, 5.74) is 7.16. The summed E-state index contributed by atoms with van der Waals surface area (Å²) in [6.45, 7) is -2.88. The number of halogens is 2. The van der Waals surface area contributed by atoms with Crippen molar-refractivity contribution in [2.75, 3.05) is 6.54 Å². The largest absolute Gasteiger partial charge is 0.435 e. The Labute approximate surface area is 109 Å². The van der Waals surface area contributed by atoms with Crippen molar-refractivity contribution in [2.24, 2.45) is 5.73 Å². The zero-order valence-corrected chi connectivity index (χ0v) is 10.4. The van der Waals surface area contributed by atoms with E-state index in [0.29, 0.717) is 0 Å². The van der Waals surface area contributed by atoms with E-state index >= 15 is 0 Å². The minimum atomic E-state index is -2.82. The molecule has 2 rings (SSSR count). The normalized spacial score (nSPS) is 18.0. The number of carbonyl (C=O) groups is 1. The van der Waals surface area contributed by atoms with Gasteiger partial charge in [0.15, 0.2) is 0 Å². The summed E-state index contributed by atoms with van der Waals surface area (Å²) in [5, 5.41) is 2.83. The number of benzene rings is 1. The maximum atomic E-state index is 12.2. The van der Waals surface area contributed by atoms with E-state index in [-0.39, 0.29) is 24.2 Å². The molecule has 19 heavy (non-hydrogen) atoms. The maximum absolute atomic E-state index is 12.2. The van der Waals surface area contributed by atoms with Crippen molar-refractivity contribution in [3.8, 4) is 5.75 Å². The Kier molecular flexibility index (Phi) is 4.31. The third kappa shape index (κ3) is 3.41. The van der Waals surface area contributed by atoms with Crippen LogP contribution in [0.2, 0.25) is 0 Å². The van der Waals surface area contributed by atoms with E-state index in [0.717, 1.165) is 30.4 Å². The first-order chi connectivity index (χ1) is 9.10. The molecule has 0 fully saturated rings.